The van der Waals surface area contributed by atoms with E-state index in [0.717, 1.165) is 18.1 Å². The minimum absolute atomic E-state index is 0.665. The summed E-state index contributed by atoms with van der Waals surface area (Å²) in [6.07, 6.45) is 7.90. The highest BCUT2D eigenvalue weighted by Crippen LogP contribution is 2.34. The average Bonchev–Trinajstić information content (AvgIpc) is 2.58. The van der Waals surface area contributed by atoms with Crippen molar-refractivity contribution in [2.45, 2.75) is 43.4 Å². The number of rotatable bonds is 3. The van der Waals surface area contributed by atoms with E-state index >= 15 is 0 Å². The first kappa shape index (κ1) is 14.4. The molecule has 0 radical (unpaired) electrons. The fraction of sp³-hybridized carbons (Fsp3) is 0.600. The SMILES string of the molecule is COc1ccc(Br)c(CC2CCCCCC2Br)c1. The van der Waals surface area contributed by atoms with E-state index in [4.69, 9.17) is 4.74 Å². The van der Waals surface area contributed by atoms with E-state index in [2.05, 4.69) is 44.0 Å². The van der Waals surface area contributed by atoms with Crippen LogP contribution in [0.25, 0.3) is 0 Å². The molecule has 1 nitrogen and oxygen atoms in total. The summed E-state index contributed by atoms with van der Waals surface area (Å²) in [7, 11) is 1.73. The van der Waals surface area contributed by atoms with Crippen molar-refractivity contribution in [3.63, 3.8) is 0 Å². The van der Waals surface area contributed by atoms with Gasteiger partial charge >= 0.3 is 0 Å². The van der Waals surface area contributed by atoms with Crippen molar-refractivity contribution >= 4 is 31.9 Å². The first-order valence-electron chi connectivity index (χ1n) is 6.67. The summed E-state index contributed by atoms with van der Waals surface area (Å²) in [5.74, 6) is 1.70. The van der Waals surface area contributed by atoms with Gasteiger partial charge in [-0.2, -0.15) is 0 Å². The number of alkyl halides is 1. The molecule has 1 saturated carbocycles. The second kappa shape index (κ2) is 6.95. The second-order valence-electron chi connectivity index (χ2n) is 5.08. The van der Waals surface area contributed by atoms with E-state index in [1.807, 2.05) is 6.07 Å². The Morgan fingerprint density at radius 2 is 2.00 bits per heavy atom. The van der Waals surface area contributed by atoms with Crippen molar-refractivity contribution in [1.29, 1.82) is 0 Å². The third-order valence-electron chi connectivity index (χ3n) is 3.80. The van der Waals surface area contributed by atoms with Gasteiger partial charge in [0.15, 0.2) is 0 Å². The zero-order chi connectivity index (χ0) is 13.0. The predicted octanol–water partition coefficient (Wildman–Crippen LogP) is 5.34. The number of hydrogen-bond donors (Lipinski definition) is 0. The van der Waals surface area contributed by atoms with E-state index in [1.54, 1.807) is 7.11 Å². The third-order valence-corrected chi connectivity index (χ3v) is 5.78. The Labute approximate surface area is 127 Å². The van der Waals surface area contributed by atoms with E-state index in [-0.39, 0.29) is 0 Å². The zero-order valence-corrected chi connectivity index (χ0v) is 14.0. The maximum Gasteiger partial charge on any atom is 0.119 e. The number of ether oxygens (including phenoxy) is 1. The van der Waals surface area contributed by atoms with Crippen molar-refractivity contribution in [3.05, 3.63) is 28.2 Å². The third kappa shape index (κ3) is 3.74. The number of benzene rings is 1. The van der Waals surface area contributed by atoms with Crippen LogP contribution in [0.3, 0.4) is 0 Å². The molecule has 0 amide bonds. The van der Waals surface area contributed by atoms with Gasteiger partial charge in [0.1, 0.15) is 5.75 Å². The summed E-state index contributed by atoms with van der Waals surface area (Å²) >= 11 is 7.53. The second-order valence-corrected chi connectivity index (χ2v) is 7.11. The van der Waals surface area contributed by atoms with Gasteiger partial charge in [-0.15, -0.1) is 0 Å². The maximum absolute atomic E-state index is 5.32. The summed E-state index contributed by atoms with van der Waals surface area (Å²) in [4.78, 5) is 0.665. The molecule has 0 saturated heterocycles. The molecule has 2 atom stereocenters. The van der Waals surface area contributed by atoms with Crippen LogP contribution in [0.5, 0.6) is 5.75 Å². The highest BCUT2D eigenvalue weighted by atomic mass is 79.9. The van der Waals surface area contributed by atoms with Crippen LogP contribution in [0.4, 0.5) is 0 Å². The molecule has 0 N–H and O–H groups in total. The largest absolute Gasteiger partial charge is 0.497 e. The van der Waals surface area contributed by atoms with Crippen LogP contribution >= 0.6 is 31.9 Å². The van der Waals surface area contributed by atoms with E-state index in [1.165, 1.54) is 42.1 Å². The molecule has 0 aromatic heterocycles. The minimum Gasteiger partial charge on any atom is -0.497 e. The van der Waals surface area contributed by atoms with Gasteiger partial charge in [-0.3, -0.25) is 0 Å². The Bertz CT molecular complexity index is 392. The van der Waals surface area contributed by atoms with Crippen molar-refractivity contribution < 1.29 is 4.74 Å². The van der Waals surface area contributed by atoms with E-state index in [0.29, 0.717) is 4.83 Å². The molecule has 0 aliphatic heterocycles. The molecule has 0 bridgehead atoms. The Morgan fingerprint density at radius 1 is 1.22 bits per heavy atom. The summed E-state index contributed by atoms with van der Waals surface area (Å²) in [6, 6.07) is 6.26. The maximum atomic E-state index is 5.32. The monoisotopic (exact) mass is 374 g/mol. The van der Waals surface area contributed by atoms with E-state index < -0.39 is 0 Å². The molecule has 0 heterocycles. The Kier molecular flexibility index (Phi) is 5.56. The normalized spacial score (nSPS) is 24.6. The summed E-state index contributed by atoms with van der Waals surface area (Å²) in [6.45, 7) is 0. The zero-order valence-electron chi connectivity index (χ0n) is 10.8. The topological polar surface area (TPSA) is 9.23 Å². The Morgan fingerprint density at radius 3 is 2.78 bits per heavy atom. The highest BCUT2D eigenvalue weighted by molar-refractivity contribution is 9.10. The summed E-state index contributed by atoms with van der Waals surface area (Å²) < 4.78 is 6.52. The molecule has 1 fully saturated rings. The average molecular weight is 376 g/mol. The quantitative estimate of drug-likeness (QED) is 0.511. The van der Waals surface area contributed by atoms with Crippen LogP contribution in [-0.4, -0.2) is 11.9 Å². The lowest BCUT2D eigenvalue weighted by atomic mass is 9.92. The molecule has 1 aromatic rings. The van der Waals surface area contributed by atoms with Crippen LogP contribution in [0.2, 0.25) is 0 Å². The molecule has 2 rings (SSSR count). The van der Waals surface area contributed by atoms with Gasteiger partial charge in [0.25, 0.3) is 0 Å². The molecule has 1 aliphatic carbocycles. The van der Waals surface area contributed by atoms with Gasteiger partial charge in [-0.1, -0.05) is 51.1 Å². The highest BCUT2D eigenvalue weighted by Gasteiger charge is 2.22. The lowest BCUT2D eigenvalue weighted by molar-refractivity contribution is 0.412. The number of halogens is 2. The lowest BCUT2D eigenvalue weighted by Gasteiger charge is -2.21. The molecule has 100 valence electrons. The smallest absolute Gasteiger partial charge is 0.119 e. The van der Waals surface area contributed by atoms with Crippen molar-refractivity contribution in [2.75, 3.05) is 7.11 Å². The van der Waals surface area contributed by atoms with Gasteiger partial charge in [0, 0.05) is 9.30 Å². The van der Waals surface area contributed by atoms with Crippen LogP contribution in [-0.2, 0) is 6.42 Å². The fourth-order valence-corrected chi connectivity index (χ4v) is 3.87. The van der Waals surface area contributed by atoms with Crippen molar-refractivity contribution in [2.24, 2.45) is 5.92 Å². The molecule has 1 aromatic carbocycles. The van der Waals surface area contributed by atoms with Gasteiger partial charge in [-0.05, 0) is 48.9 Å². The number of hydrogen-bond acceptors (Lipinski definition) is 1. The van der Waals surface area contributed by atoms with Crippen molar-refractivity contribution in [3.8, 4) is 5.75 Å². The minimum atomic E-state index is 0.665. The van der Waals surface area contributed by atoms with Crippen LogP contribution in [0.1, 0.15) is 37.7 Å². The molecular formula is C15H20Br2O. The van der Waals surface area contributed by atoms with Crippen LogP contribution in [0, 0.1) is 5.92 Å². The molecule has 2 unspecified atom stereocenters. The van der Waals surface area contributed by atoms with Crippen LogP contribution in [0.15, 0.2) is 22.7 Å². The summed E-state index contributed by atoms with van der Waals surface area (Å²) in [5.41, 5.74) is 1.37. The van der Waals surface area contributed by atoms with Gasteiger partial charge < -0.3 is 4.74 Å². The predicted molar refractivity (Wildman–Crippen MR) is 83.7 cm³/mol. The molecule has 18 heavy (non-hydrogen) atoms. The molecular weight excluding hydrogens is 356 g/mol. The van der Waals surface area contributed by atoms with Crippen LogP contribution < -0.4 is 4.74 Å². The molecule has 1 aliphatic rings. The lowest BCUT2D eigenvalue weighted by Crippen LogP contribution is -2.15. The fourth-order valence-electron chi connectivity index (χ4n) is 2.69. The summed E-state index contributed by atoms with van der Waals surface area (Å²) in [5, 5.41) is 0. The van der Waals surface area contributed by atoms with Gasteiger partial charge in [-0.25, -0.2) is 0 Å². The first-order chi connectivity index (χ1) is 8.70. The van der Waals surface area contributed by atoms with Gasteiger partial charge in [0.2, 0.25) is 0 Å². The number of methoxy groups -OCH3 is 1. The Hall–Kier alpha value is -0.0200. The molecule has 3 heteroatoms. The van der Waals surface area contributed by atoms with E-state index in [9.17, 15) is 0 Å². The standard InChI is InChI=1S/C15H20Br2O/c1-18-13-7-8-15(17)12(10-13)9-11-5-3-2-4-6-14(11)16/h7-8,10-11,14H,2-6,9H2,1H3. The Balaban J connectivity index is 2.11. The van der Waals surface area contributed by atoms with Crippen molar-refractivity contribution in [1.82, 2.24) is 0 Å². The first-order valence-corrected chi connectivity index (χ1v) is 8.38. The van der Waals surface area contributed by atoms with Gasteiger partial charge in [0.05, 0.1) is 7.11 Å². The molecule has 0 spiro atoms.